The van der Waals surface area contributed by atoms with Crippen LogP contribution in [0, 0.1) is 6.92 Å². The van der Waals surface area contributed by atoms with Gasteiger partial charge in [-0.25, -0.2) is 0 Å². The van der Waals surface area contributed by atoms with Crippen LogP contribution < -0.4 is 10.1 Å². The summed E-state index contributed by atoms with van der Waals surface area (Å²) in [5.41, 5.74) is 2.41. The fourth-order valence-electron chi connectivity index (χ4n) is 2.22. The van der Waals surface area contributed by atoms with Crippen LogP contribution in [-0.4, -0.2) is 34.5 Å². The fraction of sp³-hybridized carbons (Fsp3) is 0.235. The third-order valence-electron chi connectivity index (χ3n) is 3.51. The molecule has 1 aromatic carbocycles. The average molecular weight is 343 g/mol. The summed E-state index contributed by atoms with van der Waals surface area (Å²) >= 11 is 0. The zero-order valence-electron chi connectivity index (χ0n) is 13.6. The molecule has 2 heterocycles. The van der Waals surface area contributed by atoms with Crippen molar-refractivity contribution in [3.05, 3.63) is 53.5 Å². The Morgan fingerprint density at radius 3 is 2.80 bits per heavy atom. The number of amides is 1. The quantitative estimate of drug-likeness (QED) is 0.674. The van der Waals surface area contributed by atoms with E-state index < -0.39 is 5.91 Å². The summed E-state index contributed by atoms with van der Waals surface area (Å²) < 4.78 is 15.8. The molecule has 0 aliphatic carbocycles. The molecule has 0 radical (unpaired) electrons. The number of hydrogen-bond donors (Lipinski definition) is 2. The number of carbonyl (C=O) groups is 1. The highest BCUT2D eigenvalue weighted by Gasteiger charge is 2.17. The van der Waals surface area contributed by atoms with Crippen molar-refractivity contribution in [1.29, 1.82) is 0 Å². The van der Waals surface area contributed by atoms with E-state index in [4.69, 9.17) is 18.9 Å². The van der Waals surface area contributed by atoms with Crippen molar-refractivity contribution < 1.29 is 23.7 Å². The Kier molecular flexibility index (Phi) is 5.10. The lowest BCUT2D eigenvalue weighted by atomic mass is 10.1. The molecule has 25 heavy (non-hydrogen) atoms. The standard InChI is InChI=1S/C17H17N3O5/c1-11-13(16(20-24-11)12-5-3-2-4-6-12)10-23-15-9-14(25-19-15)17(22)18-7-8-21/h2-6,9,21H,7-8,10H2,1H3,(H,18,22). The Hall–Kier alpha value is -3.13. The Labute approximate surface area is 143 Å². The number of nitrogens with one attached hydrogen (secondary N) is 1. The molecule has 8 heteroatoms. The molecular weight excluding hydrogens is 326 g/mol. The Balaban J connectivity index is 1.70. The third-order valence-corrected chi connectivity index (χ3v) is 3.51. The SMILES string of the molecule is Cc1onc(-c2ccccc2)c1COc1cc(C(=O)NCCO)on1. The van der Waals surface area contributed by atoms with Crippen LogP contribution in [0.4, 0.5) is 0 Å². The van der Waals surface area contributed by atoms with Crippen molar-refractivity contribution in [3.63, 3.8) is 0 Å². The van der Waals surface area contributed by atoms with Gasteiger partial charge in [0.1, 0.15) is 18.1 Å². The molecule has 0 saturated carbocycles. The minimum Gasteiger partial charge on any atom is -0.470 e. The molecule has 0 saturated heterocycles. The summed E-state index contributed by atoms with van der Waals surface area (Å²) in [6, 6.07) is 11.0. The minimum atomic E-state index is -0.470. The van der Waals surface area contributed by atoms with Crippen LogP contribution in [0.25, 0.3) is 11.3 Å². The van der Waals surface area contributed by atoms with E-state index in [1.807, 2.05) is 30.3 Å². The van der Waals surface area contributed by atoms with Gasteiger partial charge < -0.3 is 24.2 Å². The van der Waals surface area contributed by atoms with Crippen LogP contribution in [-0.2, 0) is 6.61 Å². The number of rotatable bonds is 7. The highest BCUT2D eigenvalue weighted by Crippen LogP contribution is 2.26. The van der Waals surface area contributed by atoms with E-state index in [-0.39, 0.29) is 31.4 Å². The van der Waals surface area contributed by atoms with Crippen molar-refractivity contribution in [2.24, 2.45) is 0 Å². The van der Waals surface area contributed by atoms with Crippen LogP contribution in [0.15, 0.2) is 45.4 Å². The van der Waals surface area contributed by atoms with E-state index in [9.17, 15) is 4.79 Å². The highest BCUT2D eigenvalue weighted by molar-refractivity contribution is 5.91. The smallest absolute Gasteiger partial charge is 0.290 e. The zero-order chi connectivity index (χ0) is 17.6. The van der Waals surface area contributed by atoms with Crippen LogP contribution in [0.5, 0.6) is 5.88 Å². The first kappa shape index (κ1) is 16.7. The minimum absolute atomic E-state index is 0.00812. The van der Waals surface area contributed by atoms with Gasteiger partial charge >= 0.3 is 0 Å². The Morgan fingerprint density at radius 2 is 2.04 bits per heavy atom. The Morgan fingerprint density at radius 1 is 1.24 bits per heavy atom. The van der Waals surface area contributed by atoms with Crippen LogP contribution in [0.1, 0.15) is 21.9 Å². The number of aliphatic hydroxyl groups excluding tert-OH is 1. The lowest BCUT2D eigenvalue weighted by Crippen LogP contribution is -2.25. The maximum Gasteiger partial charge on any atom is 0.290 e. The predicted molar refractivity (Wildman–Crippen MR) is 86.9 cm³/mol. The van der Waals surface area contributed by atoms with Crippen molar-refractivity contribution >= 4 is 5.91 Å². The van der Waals surface area contributed by atoms with E-state index in [2.05, 4.69) is 15.6 Å². The van der Waals surface area contributed by atoms with Gasteiger partial charge in [0.15, 0.2) is 0 Å². The van der Waals surface area contributed by atoms with E-state index in [0.29, 0.717) is 11.5 Å². The lowest BCUT2D eigenvalue weighted by Gasteiger charge is -2.03. The highest BCUT2D eigenvalue weighted by atomic mass is 16.5. The van der Waals surface area contributed by atoms with Crippen molar-refractivity contribution in [2.45, 2.75) is 13.5 Å². The first-order valence-electron chi connectivity index (χ1n) is 7.68. The van der Waals surface area contributed by atoms with Gasteiger partial charge in [-0.2, -0.15) is 0 Å². The molecule has 1 amide bonds. The molecule has 3 rings (SSSR count). The molecule has 0 bridgehead atoms. The van der Waals surface area contributed by atoms with Crippen LogP contribution >= 0.6 is 0 Å². The summed E-state index contributed by atoms with van der Waals surface area (Å²) in [5, 5.41) is 19.0. The second-order valence-electron chi connectivity index (χ2n) is 5.23. The average Bonchev–Trinajstić information content (AvgIpc) is 3.25. The lowest BCUT2D eigenvalue weighted by molar-refractivity contribution is 0.0907. The molecule has 3 aromatic rings. The number of ether oxygens (including phenoxy) is 1. The Bertz CT molecular complexity index is 841. The molecule has 0 unspecified atom stereocenters. The van der Waals surface area contributed by atoms with Gasteiger partial charge in [-0.05, 0) is 12.1 Å². The largest absolute Gasteiger partial charge is 0.470 e. The first-order chi connectivity index (χ1) is 12.2. The first-order valence-corrected chi connectivity index (χ1v) is 7.68. The summed E-state index contributed by atoms with van der Waals surface area (Å²) in [5.74, 6) is 0.355. The normalized spacial score (nSPS) is 10.6. The van der Waals surface area contributed by atoms with E-state index >= 15 is 0 Å². The van der Waals surface area contributed by atoms with Crippen molar-refractivity contribution in [3.8, 4) is 17.1 Å². The summed E-state index contributed by atoms with van der Waals surface area (Å²) in [7, 11) is 0. The molecule has 0 spiro atoms. The number of hydrogen-bond acceptors (Lipinski definition) is 7. The van der Waals surface area contributed by atoms with Gasteiger partial charge in [-0.15, -0.1) is 0 Å². The second kappa shape index (κ2) is 7.63. The fourth-order valence-corrected chi connectivity index (χ4v) is 2.22. The summed E-state index contributed by atoms with van der Waals surface area (Å²) in [6.45, 7) is 1.95. The van der Waals surface area contributed by atoms with Gasteiger partial charge in [-0.1, -0.05) is 35.5 Å². The zero-order valence-corrected chi connectivity index (χ0v) is 13.6. The molecule has 0 fully saturated rings. The molecule has 0 atom stereocenters. The van der Waals surface area contributed by atoms with Crippen molar-refractivity contribution in [1.82, 2.24) is 15.6 Å². The van der Waals surface area contributed by atoms with Crippen LogP contribution in [0.2, 0.25) is 0 Å². The molecule has 2 aromatic heterocycles. The topological polar surface area (TPSA) is 111 Å². The maximum atomic E-state index is 11.7. The number of nitrogens with zero attached hydrogens (tertiary/aromatic N) is 2. The molecule has 0 aliphatic rings. The molecule has 8 nitrogen and oxygen atoms in total. The van der Waals surface area contributed by atoms with Crippen LogP contribution in [0.3, 0.4) is 0 Å². The van der Waals surface area contributed by atoms with E-state index in [1.54, 1.807) is 6.92 Å². The molecule has 2 N–H and O–H groups in total. The number of aryl methyl sites for hydroxylation is 1. The monoisotopic (exact) mass is 343 g/mol. The van der Waals surface area contributed by atoms with Gasteiger partial charge in [0.2, 0.25) is 5.76 Å². The van der Waals surface area contributed by atoms with Gasteiger partial charge in [0.05, 0.1) is 18.2 Å². The second-order valence-corrected chi connectivity index (χ2v) is 5.23. The summed E-state index contributed by atoms with van der Waals surface area (Å²) in [4.78, 5) is 11.7. The number of aliphatic hydroxyl groups is 1. The third kappa shape index (κ3) is 3.86. The van der Waals surface area contributed by atoms with E-state index in [1.165, 1.54) is 6.07 Å². The molecular formula is C17H17N3O5. The number of benzene rings is 1. The maximum absolute atomic E-state index is 11.7. The predicted octanol–water partition coefficient (Wildman–Crippen LogP) is 1.94. The van der Waals surface area contributed by atoms with Gasteiger partial charge in [-0.3, -0.25) is 4.79 Å². The van der Waals surface area contributed by atoms with Crippen molar-refractivity contribution in [2.75, 3.05) is 13.2 Å². The molecule has 0 aliphatic heterocycles. The van der Waals surface area contributed by atoms with Gasteiger partial charge in [0.25, 0.3) is 11.8 Å². The number of carbonyl (C=O) groups excluding carboxylic acids is 1. The number of aromatic nitrogens is 2. The van der Waals surface area contributed by atoms with E-state index in [0.717, 1.165) is 11.1 Å². The summed E-state index contributed by atoms with van der Waals surface area (Å²) in [6.07, 6.45) is 0. The van der Waals surface area contributed by atoms with Gasteiger partial charge in [0, 0.05) is 12.1 Å². The molecule has 130 valence electrons.